The van der Waals surface area contributed by atoms with Crippen LogP contribution in [0.3, 0.4) is 0 Å². The first-order valence-corrected chi connectivity index (χ1v) is 5.60. The summed E-state index contributed by atoms with van der Waals surface area (Å²) in [5.41, 5.74) is 0.252. The van der Waals surface area contributed by atoms with Crippen molar-refractivity contribution < 1.29 is 19.2 Å². The highest BCUT2D eigenvalue weighted by Crippen LogP contribution is 2.28. The van der Waals surface area contributed by atoms with Gasteiger partial charge < -0.3 is 9.47 Å². The van der Waals surface area contributed by atoms with E-state index in [2.05, 4.69) is 0 Å². The molecule has 1 aromatic rings. The van der Waals surface area contributed by atoms with Gasteiger partial charge in [0.15, 0.2) is 0 Å². The lowest BCUT2D eigenvalue weighted by atomic mass is 10.1. The van der Waals surface area contributed by atoms with Crippen molar-refractivity contribution in [2.24, 2.45) is 0 Å². The molecule has 0 aliphatic heterocycles. The average molecular weight is 253 g/mol. The van der Waals surface area contributed by atoms with Gasteiger partial charge in [0, 0.05) is 12.1 Å². The van der Waals surface area contributed by atoms with Crippen molar-refractivity contribution in [1.29, 1.82) is 0 Å². The zero-order chi connectivity index (χ0) is 13.7. The molecule has 0 aromatic heterocycles. The minimum absolute atomic E-state index is 0.0871. The normalized spacial score (nSPS) is 9.94. The summed E-state index contributed by atoms with van der Waals surface area (Å²) in [6.07, 6.45) is 0. The summed E-state index contributed by atoms with van der Waals surface area (Å²) in [6, 6.07) is 2.67. The first-order chi connectivity index (χ1) is 8.51. The second-order valence-electron chi connectivity index (χ2n) is 3.55. The third-order valence-electron chi connectivity index (χ3n) is 2.29. The maximum atomic E-state index is 11.7. The molecule has 1 aromatic carbocycles. The molecule has 18 heavy (non-hydrogen) atoms. The van der Waals surface area contributed by atoms with Crippen LogP contribution in [0.1, 0.15) is 29.8 Å². The van der Waals surface area contributed by atoms with Gasteiger partial charge in [0.2, 0.25) is 0 Å². The number of rotatable bonds is 5. The van der Waals surface area contributed by atoms with Crippen LogP contribution in [0.5, 0.6) is 5.75 Å². The number of nitro groups is 1. The number of benzene rings is 1. The second-order valence-corrected chi connectivity index (χ2v) is 3.55. The third-order valence-corrected chi connectivity index (χ3v) is 2.29. The number of nitro benzene ring substituents is 1. The SMILES string of the molecule is CCOC(=O)c1cc(OCC)c(C)cc1[N+](=O)[O-]. The van der Waals surface area contributed by atoms with Crippen molar-refractivity contribution in [2.75, 3.05) is 13.2 Å². The number of hydrogen-bond donors (Lipinski definition) is 0. The number of carbonyl (C=O) groups excluding carboxylic acids is 1. The lowest BCUT2D eigenvalue weighted by Gasteiger charge is -2.09. The van der Waals surface area contributed by atoms with Gasteiger partial charge in [0.05, 0.1) is 18.1 Å². The van der Waals surface area contributed by atoms with Gasteiger partial charge in [-0.25, -0.2) is 4.79 Å². The Kier molecular flexibility index (Phi) is 4.65. The average Bonchev–Trinajstić information content (AvgIpc) is 2.31. The van der Waals surface area contributed by atoms with E-state index in [0.29, 0.717) is 17.9 Å². The van der Waals surface area contributed by atoms with Crippen molar-refractivity contribution in [1.82, 2.24) is 0 Å². The van der Waals surface area contributed by atoms with Gasteiger partial charge >= 0.3 is 5.97 Å². The lowest BCUT2D eigenvalue weighted by molar-refractivity contribution is -0.385. The van der Waals surface area contributed by atoms with E-state index in [9.17, 15) is 14.9 Å². The number of carbonyl (C=O) groups is 1. The van der Waals surface area contributed by atoms with Crippen LogP contribution in [-0.4, -0.2) is 24.1 Å². The van der Waals surface area contributed by atoms with E-state index in [-0.39, 0.29) is 17.9 Å². The molecule has 0 aliphatic carbocycles. The highest BCUT2D eigenvalue weighted by atomic mass is 16.6. The molecule has 0 aliphatic rings. The highest BCUT2D eigenvalue weighted by molar-refractivity contribution is 5.94. The van der Waals surface area contributed by atoms with Crippen molar-refractivity contribution in [3.8, 4) is 5.75 Å². The van der Waals surface area contributed by atoms with Gasteiger partial charge in [-0.15, -0.1) is 0 Å². The summed E-state index contributed by atoms with van der Waals surface area (Å²) in [7, 11) is 0. The molecule has 1 rings (SSSR count). The molecule has 0 amide bonds. The predicted octanol–water partition coefficient (Wildman–Crippen LogP) is 2.48. The van der Waals surface area contributed by atoms with E-state index in [4.69, 9.17) is 9.47 Å². The highest BCUT2D eigenvalue weighted by Gasteiger charge is 2.23. The predicted molar refractivity (Wildman–Crippen MR) is 65.0 cm³/mol. The fourth-order valence-corrected chi connectivity index (χ4v) is 1.51. The Labute approximate surface area is 105 Å². The van der Waals surface area contributed by atoms with Crippen LogP contribution in [0, 0.1) is 17.0 Å². The maximum absolute atomic E-state index is 11.7. The zero-order valence-electron chi connectivity index (χ0n) is 10.6. The van der Waals surface area contributed by atoms with E-state index in [0.717, 1.165) is 0 Å². The molecule has 0 unspecified atom stereocenters. The Balaban J connectivity index is 3.30. The fraction of sp³-hybridized carbons (Fsp3) is 0.417. The Morgan fingerprint density at radius 2 is 2.00 bits per heavy atom. The van der Waals surface area contributed by atoms with E-state index in [1.54, 1.807) is 20.8 Å². The van der Waals surface area contributed by atoms with E-state index >= 15 is 0 Å². The van der Waals surface area contributed by atoms with Gasteiger partial charge in [-0.2, -0.15) is 0 Å². The quantitative estimate of drug-likeness (QED) is 0.457. The molecular weight excluding hydrogens is 238 g/mol. The molecule has 6 heteroatoms. The Bertz CT molecular complexity index is 470. The minimum atomic E-state index is -0.717. The van der Waals surface area contributed by atoms with Crippen LogP contribution in [0.15, 0.2) is 12.1 Å². The number of aryl methyl sites for hydroxylation is 1. The molecule has 0 N–H and O–H groups in total. The van der Waals surface area contributed by atoms with Gasteiger partial charge in [-0.05, 0) is 26.3 Å². The molecular formula is C12H15NO5. The van der Waals surface area contributed by atoms with Gasteiger partial charge in [-0.3, -0.25) is 10.1 Å². The van der Waals surface area contributed by atoms with E-state index < -0.39 is 10.9 Å². The lowest BCUT2D eigenvalue weighted by Crippen LogP contribution is -2.09. The van der Waals surface area contributed by atoms with E-state index in [1.165, 1.54) is 12.1 Å². The fourth-order valence-electron chi connectivity index (χ4n) is 1.51. The molecule has 0 saturated carbocycles. The molecule has 0 atom stereocenters. The molecule has 0 bridgehead atoms. The first-order valence-electron chi connectivity index (χ1n) is 5.60. The molecule has 0 fully saturated rings. The minimum Gasteiger partial charge on any atom is -0.494 e. The maximum Gasteiger partial charge on any atom is 0.345 e. The van der Waals surface area contributed by atoms with E-state index in [1.807, 2.05) is 0 Å². The largest absolute Gasteiger partial charge is 0.494 e. The van der Waals surface area contributed by atoms with Crippen molar-refractivity contribution in [3.05, 3.63) is 33.4 Å². The van der Waals surface area contributed by atoms with Crippen molar-refractivity contribution in [2.45, 2.75) is 20.8 Å². The topological polar surface area (TPSA) is 78.7 Å². The molecule has 0 spiro atoms. The van der Waals surface area contributed by atoms with Gasteiger partial charge in [-0.1, -0.05) is 0 Å². The standard InChI is InChI=1S/C12H15NO5/c1-4-17-11-7-9(12(14)18-5-2)10(13(15)16)6-8(11)3/h6-7H,4-5H2,1-3H3. The third kappa shape index (κ3) is 2.97. The summed E-state index contributed by atoms with van der Waals surface area (Å²) in [5.74, 6) is -0.267. The number of ether oxygens (including phenoxy) is 2. The zero-order valence-corrected chi connectivity index (χ0v) is 10.6. The van der Waals surface area contributed by atoms with Gasteiger partial charge in [0.25, 0.3) is 5.69 Å². The Hall–Kier alpha value is -2.11. The summed E-state index contributed by atoms with van der Waals surface area (Å²) in [5, 5.41) is 10.9. The summed E-state index contributed by atoms with van der Waals surface area (Å²) in [6.45, 7) is 5.70. The Morgan fingerprint density at radius 1 is 1.33 bits per heavy atom. The van der Waals surface area contributed by atoms with Crippen LogP contribution >= 0.6 is 0 Å². The molecule has 0 radical (unpaired) electrons. The van der Waals surface area contributed by atoms with Crippen LogP contribution in [0.25, 0.3) is 0 Å². The van der Waals surface area contributed by atoms with Crippen molar-refractivity contribution >= 4 is 11.7 Å². The number of nitrogens with zero attached hydrogens (tertiary/aromatic N) is 1. The van der Waals surface area contributed by atoms with Crippen molar-refractivity contribution in [3.63, 3.8) is 0 Å². The number of esters is 1. The van der Waals surface area contributed by atoms with Crippen LogP contribution in [0.4, 0.5) is 5.69 Å². The summed E-state index contributed by atoms with van der Waals surface area (Å²) >= 11 is 0. The Morgan fingerprint density at radius 3 is 2.50 bits per heavy atom. The summed E-state index contributed by atoms with van der Waals surface area (Å²) in [4.78, 5) is 22.0. The molecule has 0 heterocycles. The first kappa shape index (κ1) is 14.0. The summed E-state index contributed by atoms with van der Waals surface area (Å²) < 4.78 is 10.1. The van der Waals surface area contributed by atoms with Gasteiger partial charge in [0.1, 0.15) is 11.3 Å². The number of hydrogen-bond acceptors (Lipinski definition) is 5. The molecule has 6 nitrogen and oxygen atoms in total. The monoisotopic (exact) mass is 253 g/mol. The smallest absolute Gasteiger partial charge is 0.345 e. The van der Waals surface area contributed by atoms with Crippen LogP contribution in [0.2, 0.25) is 0 Å². The second kappa shape index (κ2) is 6.00. The molecule has 98 valence electrons. The molecule has 0 saturated heterocycles. The van der Waals surface area contributed by atoms with Crippen LogP contribution in [-0.2, 0) is 4.74 Å². The van der Waals surface area contributed by atoms with Crippen LogP contribution < -0.4 is 4.74 Å².